The first-order valence-corrected chi connectivity index (χ1v) is 3.81. The zero-order chi connectivity index (χ0) is 7.98. The van der Waals surface area contributed by atoms with Crippen LogP contribution in [0.2, 0.25) is 0 Å². The van der Waals surface area contributed by atoms with E-state index in [0.29, 0.717) is 5.92 Å². The molecule has 0 fully saturated rings. The fraction of sp³-hybridized carbons (Fsp3) is 0.667. The lowest BCUT2D eigenvalue weighted by atomic mass is 10.00. The average Bonchev–Trinajstić information content (AvgIpc) is 1.88. The molecule has 0 heterocycles. The van der Waals surface area contributed by atoms with Crippen molar-refractivity contribution in [2.24, 2.45) is 5.92 Å². The lowest BCUT2D eigenvalue weighted by molar-refractivity contribution is -0.104. The van der Waals surface area contributed by atoms with E-state index in [1.807, 2.05) is 6.92 Å². The summed E-state index contributed by atoms with van der Waals surface area (Å²) in [6, 6.07) is 0. The van der Waals surface area contributed by atoms with Crippen LogP contribution in [-0.4, -0.2) is 6.29 Å². The Morgan fingerprint density at radius 1 is 1.60 bits per heavy atom. The number of aldehydes is 1. The van der Waals surface area contributed by atoms with Gasteiger partial charge in [-0.2, -0.15) is 0 Å². The van der Waals surface area contributed by atoms with Crippen LogP contribution < -0.4 is 0 Å². The summed E-state index contributed by atoms with van der Waals surface area (Å²) in [7, 11) is 0. The van der Waals surface area contributed by atoms with Crippen LogP contribution in [0.25, 0.3) is 0 Å². The molecule has 1 atom stereocenters. The Morgan fingerprint density at radius 3 is 2.60 bits per heavy atom. The van der Waals surface area contributed by atoms with Crippen LogP contribution in [0, 0.1) is 5.92 Å². The van der Waals surface area contributed by atoms with Crippen molar-refractivity contribution in [2.45, 2.75) is 33.6 Å². The third kappa shape index (κ3) is 4.30. The number of carbonyl (C=O) groups excluding carboxylic acids is 1. The molecule has 0 rings (SSSR count). The number of rotatable bonds is 4. The van der Waals surface area contributed by atoms with E-state index in [1.165, 1.54) is 12.0 Å². The molecule has 0 saturated carbocycles. The predicted molar refractivity (Wildman–Crippen MR) is 43.9 cm³/mol. The normalized spacial score (nSPS) is 14.9. The maximum absolute atomic E-state index is 10.0. The summed E-state index contributed by atoms with van der Waals surface area (Å²) in [4.78, 5) is 10.0. The molecular formula is C9H16O. The molecule has 0 aliphatic heterocycles. The van der Waals surface area contributed by atoms with Gasteiger partial charge in [0.15, 0.2) is 0 Å². The molecule has 0 aliphatic rings. The molecule has 0 radical (unpaired) electrons. The highest BCUT2D eigenvalue weighted by Gasteiger charge is 1.98. The average molecular weight is 140 g/mol. The maximum Gasteiger partial charge on any atom is 0.142 e. The SMILES string of the molecule is CCC(C)C/C(C)=C/C=O. The molecule has 1 nitrogen and oxygen atoms in total. The van der Waals surface area contributed by atoms with E-state index in [9.17, 15) is 4.79 Å². The van der Waals surface area contributed by atoms with E-state index in [0.717, 1.165) is 12.7 Å². The minimum Gasteiger partial charge on any atom is -0.299 e. The second-order valence-corrected chi connectivity index (χ2v) is 2.87. The minimum atomic E-state index is 0.705. The van der Waals surface area contributed by atoms with Gasteiger partial charge in [-0.25, -0.2) is 0 Å². The van der Waals surface area contributed by atoms with E-state index < -0.39 is 0 Å². The van der Waals surface area contributed by atoms with Gasteiger partial charge in [0, 0.05) is 0 Å². The van der Waals surface area contributed by atoms with Gasteiger partial charge in [-0.3, -0.25) is 4.79 Å². The first-order chi connectivity index (χ1) is 4.70. The smallest absolute Gasteiger partial charge is 0.142 e. The van der Waals surface area contributed by atoms with Crippen molar-refractivity contribution >= 4 is 6.29 Å². The molecule has 1 heteroatoms. The highest BCUT2D eigenvalue weighted by molar-refractivity contribution is 5.65. The highest BCUT2D eigenvalue weighted by atomic mass is 16.1. The van der Waals surface area contributed by atoms with Crippen molar-refractivity contribution in [3.05, 3.63) is 11.6 Å². The van der Waals surface area contributed by atoms with Crippen LogP contribution >= 0.6 is 0 Å². The molecule has 58 valence electrons. The van der Waals surface area contributed by atoms with Gasteiger partial charge in [0.2, 0.25) is 0 Å². The van der Waals surface area contributed by atoms with Gasteiger partial charge in [-0.05, 0) is 25.3 Å². The fourth-order valence-electron chi connectivity index (χ4n) is 0.878. The van der Waals surface area contributed by atoms with Crippen LogP contribution in [0.3, 0.4) is 0 Å². The molecule has 0 bridgehead atoms. The summed E-state index contributed by atoms with van der Waals surface area (Å²) >= 11 is 0. The van der Waals surface area contributed by atoms with Crippen molar-refractivity contribution < 1.29 is 4.79 Å². The zero-order valence-corrected chi connectivity index (χ0v) is 7.05. The molecule has 10 heavy (non-hydrogen) atoms. The summed E-state index contributed by atoms with van der Waals surface area (Å²) in [6.07, 6.45) is 4.74. The molecule has 0 amide bonds. The van der Waals surface area contributed by atoms with Gasteiger partial charge in [0.1, 0.15) is 6.29 Å². The maximum atomic E-state index is 10.0. The molecule has 0 saturated heterocycles. The van der Waals surface area contributed by atoms with Gasteiger partial charge >= 0.3 is 0 Å². The molecular weight excluding hydrogens is 124 g/mol. The summed E-state index contributed by atoms with van der Waals surface area (Å²) in [6.45, 7) is 6.36. The summed E-state index contributed by atoms with van der Waals surface area (Å²) in [5.41, 5.74) is 1.18. The summed E-state index contributed by atoms with van der Waals surface area (Å²) in [5, 5.41) is 0. The Kier molecular flexibility index (Phi) is 4.91. The Balaban J connectivity index is 3.66. The topological polar surface area (TPSA) is 17.1 Å². The Bertz CT molecular complexity index is 125. The quantitative estimate of drug-likeness (QED) is 0.433. The van der Waals surface area contributed by atoms with E-state index in [4.69, 9.17) is 0 Å². The summed E-state index contributed by atoms with van der Waals surface area (Å²) in [5.74, 6) is 0.705. The molecule has 0 aromatic rings. The second kappa shape index (κ2) is 5.21. The van der Waals surface area contributed by atoms with E-state index in [2.05, 4.69) is 13.8 Å². The number of carbonyl (C=O) groups is 1. The van der Waals surface area contributed by atoms with E-state index in [1.54, 1.807) is 6.08 Å². The molecule has 1 unspecified atom stereocenters. The molecule has 0 aromatic carbocycles. The largest absolute Gasteiger partial charge is 0.299 e. The highest BCUT2D eigenvalue weighted by Crippen LogP contribution is 2.12. The lowest BCUT2D eigenvalue weighted by Crippen LogP contribution is -1.92. The molecule has 0 spiro atoms. The molecule has 0 N–H and O–H groups in total. The van der Waals surface area contributed by atoms with Gasteiger partial charge in [-0.1, -0.05) is 25.8 Å². The van der Waals surface area contributed by atoms with Crippen molar-refractivity contribution in [1.29, 1.82) is 0 Å². The van der Waals surface area contributed by atoms with Gasteiger partial charge in [0.25, 0.3) is 0 Å². The standard InChI is InChI=1S/C9H16O/c1-4-8(2)7-9(3)5-6-10/h5-6,8H,4,7H2,1-3H3/b9-5+. The van der Waals surface area contributed by atoms with Crippen LogP contribution in [0.15, 0.2) is 11.6 Å². The number of hydrogen-bond donors (Lipinski definition) is 0. The fourth-order valence-corrected chi connectivity index (χ4v) is 0.878. The molecule has 0 aliphatic carbocycles. The number of allylic oxidation sites excluding steroid dienone is 2. The van der Waals surface area contributed by atoms with Crippen molar-refractivity contribution in [2.75, 3.05) is 0 Å². The van der Waals surface area contributed by atoms with Crippen molar-refractivity contribution in [3.8, 4) is 0 Å². The van der Waals surface area contributed by atoms with E-state index in [-0.39, 0.29) is 0 Å². The summed E-state index contributed by atoms with van der Waals surface area (Å²) < 4.78 is 0. The minimum absolute atomic E-state index is 0.705. The van der Waals surface area contributed by atoms with Crippen LogP contribution in [0.1, 0.15) is 33.6 Å². The van der Waals surface area contributed by atoms with Crippen LogP contribution in [-0.2, 0) is 4.79 Å². The van der Waals surface area contributed by atoms with Crippen molar-refractivity contribution in [3.63, 3.8) is 0 Å². The number of hydrogen-bond acceptors (Lipinski definition) is 1. The second-order valence-electron chi connectivity index (χ2n) is 2.87. The molecule has 0 aromatic heterocycles. The Morgan fingerprint density at radius 2 is 2.20 bits per heavy atom. The lowest BCUT2D eigenvalue weighted by Gasteiger charge is -2.06. The van der Waals surface area contributed by atoms with Crippen molar-refractivity contribution in [1.82, 2.24) is 0 Å². The van der Waals surface area contributed by atoms with Crippen LogP contribution in [0.4, 0.5) is 0 Å². The monoisotopic (exact) mass is 140 g/mol. The Hall–Kier alpha value is -0.590. The van der Waals surface area contributed by atoms with Gasteiger partial charge < -0.3 is 0 Å². The van der Waals surface area contributed by atoms with Gasteiger partial charge in [0.05, 0.1) is 0 Å². The first-order valence-electron chi connectivity index (χ1n) is 3.81. The first kappa shape index (κ1) is 9.41. The third-order valence-electron chi connectivity index (χ3n) is 1.72. The zero-order valence-electron chi connectivity index (χ0n) is 7.05. The van der Waals surface area contributed by atoms with Crippen LogP contribution in [0.5, 0.6) is 0 Å². The third-order valence-corrected chi connectivity index (χ3v) is 1.72. The Labute approximate surface area is 63.1 Å². The van der Waals surface area contributed by atoms with Gasteiger partial charge in [-0.15, -0.1) is 0 Å². The van der Waals surface area contributed by atoms with E-state index >= 15 is 0 Å². The predicted octanol–water partition coefficient (Wildman–Crippen LogP) is 2.57.